The standard InChI is InChI=1S/C22H28N2O4/c1-15(24-12-11-16-7-5-6-8-17(16)14-24)13-23-22(25)18-9-10-19(26-2)21(28-4)20(18)27-3/h5-10,15H,11-14H2,1-4H3,(H,23,25). The molecule has 1 unspecified atom stereocenters. The van der Waals surface area contributed by atoms with E-state index in [1.807, 2.05) is 0 Å². The Morgan fingerprint density at radius 1 is 1.04 bits per heavy atom. The lowest BCUT2D eigenvalue weighted by atomic mass is 9.99. The molecular formula is C22H28N2O4. The Bertz CT molecular complexity index is 837. The van der Waals surface area contributed by atoms with Gasteiger partial charge in [-0.1, -0.05) is 24.3 Å². The summed E-state index contributed by atoms with van der Waals surface area (Å²) in [5, 5.41) is 3.03. The summed E-state index contributed by atoms with van der Waals surface area (Å²) >= 11 is 0. The number of nitrogens with zero attached hydrogens (tertiary/aromatic N) is 1. The van der Waals surface area contributed by atoms with Crippen LogP contribution in [0, 0.1) is 0 Å². The topological polar surface area (TPSA) is 60.0 Å². The highest BCUT2D eigenvalue weighted by molar-refractivity contribution is 5.98. The molecule has 1 heterocycles. The summed E-state index contributed by atoms with van der Waals surface area (Å²) in [5.41, 5.74) is 3.22. The number of carbonyl (C=O) groups is 1. The first-order chi connectivity index (χ1) is 13.6. The van der Waals surface area contributed by atoms with Crippen molar-refractivity contribution in [1.82, 2.24) is 10.2 Å². The van der Waals surface area contributed by atoms with Crippen molar-refractivity contribution in [3.05, 3.63) is 53.1 Å². The zero-order chi connectivity index (χ0) is 20.1. The van der Waals surface area contributed by atoms with E-state index in [9.17, 15) is 4.79 Å². The quantitative estimate of drug-likeness (QED) is 0.795. The lowest BCUT2D eigenvalue weighted by Crippen LogP contribution is -2.44. The average molecular weight is 384 g/mol. The molecule has 0 bridgehead atoms. The van der Waals surface area contributed by atoms with Gasteiger partial charge in [0, 0.05) is 25.7 Å². The van der Waals surface area contributed by atoms with Crippen molar-refractivity contribution < 1.29 is 19.0 Å². The first kappa shape index (κ1) is 20.0. The summed E-state index contributed by atoms with van der Waals surface area (Å²) in [7, 11) is 4.59. The van der Waals surface area contributed by atoms with Gasteiger partial charge in [-0.2, -0.15) is 0 Å². The van der Waals surface area contributed by atoms with Crippen molar-refractivity contribution in [2.45, 2.75) is 25.9 Å². The Balaban J connectivity index is 1.66. The van der Waals surface area contributed by atoms with Gasteiger partial charge in [-0.3, -0.25) is 9.69 Å². The molecule has 6 nitrogen and oxygen atoms in total. The number of benzene rings is 2. The Kier molecular flexibility index (Phi) is 6.41. The van der Waals surface area contributed by atoms with Crippen molar-refractivity contribution in [3.8, 4) is 17.2 Å². The van der Waals surface area contributed by atoms with Gasteiger partial charge in [-0.25, -0.2) is 0 Å². The van der Waals surface area contributed by atoms with Crippen LogP contribution < -0.4 is 19.5 Å². The highest BCUT2D eigenvalue weighted by atomic mass is 16.5. The lowest BCUT2D eigenvalue weighted by molar-refractivity contribution is 0.0928. The van der Waals surface area contributed by atoms with E-state index in [0.717, 1.165) is 19.5 Å². The average Bonchev–Trinajstić information content (AvgIpc) is 2.75. The summed E-state index contributed by atoms with van der Waals surface area (Å²) in [6.07, 6.45) is 1.04. The van der Waals surface area contributed by atoms with Crippen LogP contribution in [0.25, 0.3) is 0 Å². The van der Waals surface area contributed by atoms with E-state index < -0.39 is 0 Å². The SMILES string of the molecule is COc1ccc(C(=O)NCC(C)N2CCc3ccccc3C2)c(OC)c1OC. The van der Waals surface area contributed by atoms with Crippen LogP contribution in [0.2, 0.25) is 0 Å². The van der Waals surface area contributed by atoms with Crippen molar-refractivity contribution in [1.29, 1.82) is 0 Å². The van der Waals surface area contributed by atoms with E-state index in [2.05, 4.69) is 41.4 Å². The molecule has 1 aliphatic heterocycles. The van der Waals surface area contributed by atoms with E-state index in [0.29, 0.717) is 29.4 Å². The third-order valence-electron chi connectivity index (χ3n) is 5.29. The molecule has 0 radical (unpaired) electrons. The molecule has 0 fully saturated rings. The van der Waals surface area contributed by atoms with E-state index in [1.54, 1.807) is 19.2 Å². The van der Waals surface area contributed by atoms with Crippen LogP contribution in [0.3, 0.4) is 0 Å². The number of hydrogen-bond donors (Lipinski definition) is 1. The lowest BCUT2D eigenvalue weighted by Gasteiger charge is -2.33. The number of rotatable bonds is 7. The number of methoxy groups -OCH3 is 3. The first-order valence-electron chi connectivity index (χ1n) is 9.47. The maximum Gasteiger partial charge on any atom is 0.255 e. The van der Waals surface area contributed by atoms with Crippen LogP contribution in [0.4, 0.5) is 0 Å². The molecule has 28 heavy (non-hydrogen) atoms. The van der Waals surface area contributed by atoms with Crippen molar-refractivity contribution in [3.63, 3.8) is 0 Å². The molecule has 2 aromatic rings. The van der Waals surface area contributed by atoms with Gasteiger partial charge in [-0.15, -0.1) is 0 Å². The number of hydrogen-bond acceptors (Lipinski definition) is 5. The second kappa shape index (κ2) is 8.97. The molecule has 2 aromatic carbocycles. The van der Waals surface area contributed by atoms with Crippen LogP contribution in [0.15, 0.2) is 36.4 Å². The second-order valence-electron chi connectivity index (χ2n) is 6.93. The number of ether oxygens (including phenoxy) is 3. The van der Waals surface area contributed by atoms with Gasteiger partial charge < -0.3 is 19.5 Å². The zero-order valence-corrected chi connectivity index (χ0v) is 17.0. The van der Waals surface area contributed by atoms with Gasteiger partial charge in [-0.05, 0) is 36.6 Å². The van der Waals surface area contributed by atoms with Gasteiger partial charge in [0.2, 0.25) is 5.75 Å². The van der Waals surface area contributed by atoms with Gasteiger partial charge in [0.1, 0.15) is 0 Å². The van der Waals surface area contributed by atoms with Crippen molar-refractivity contribution in [2.75, 3.05) is 34.4 Å². The molecule has 0 saturated heterocycles. The predicted molar refractivity (Wildman–Crippen MR) is 108 cm³/mol. The van der Waals surface area contributed by atoms with E-state index in [1.165, 1.54) is 25.3 Å². The molecule has 150 valence electrons. The van der Waals surface area contributed by atoms with Crippen LogP contribution in [-0.4, -0.2) is 51.3 Å². The fourth-order valence-electron chi connectivity index (χ4n) is 3.64. The summed E-state index contributed by atoms with van der Waals surface area (Å²) < 4.78 is 16.1. The molecule has 6 heteroatoms. The number of amides is 1. The highest BCUT2D eigenvalue weighted by Crippen LogP contribution is 2.39. The molecule has 0 spiro atoms. The van der Waals surface area contributed by atoms with Gasteiger partial charge in [0.25, 0.3) is 5.91 Å². The summed E-state index contributed by atoms with van der Waals surface area (Å²) in [6.45, 7) is 4.60. The van der Waals surface area contributed by atoms with E-state index >= 15 is 0 Å². The zero-order valence-electron chi connectivity index (χ0n) is 17.0. The Morgan fingerprint density at radius 2 is 1.75 bits per heavy atom. The highest BCUT2D eigenvalue weighted by Gasteiger charge is 2.23. The van der Waals surface area contributed by atoms with Gasteiger partial charge in [0.15, 0.2) is 11.5 Å². The largest absolute Gasteiger partial charge is 0.493 e. The van der Waals surface area contributed by atoms with Crippen LogP contribution in [-0.2, 0) is 13.0 Å². The number of fused-ring (bicyclic) bond motifs is 1. The molecular weight excluding hydrogens is 356 g/mol. The van der Waals surface area contributed by atoms with Crippen molar-refractivity contribution in [2.24, 2.45) is 0 Å². The minimum atomic E-state index is -0.193. The maximum absolute atomic E-state index is 12.8. The Labute approximate surface area is 166 Å². The number of carbonyl (C=O) groups excluding carboxylic acids is 1. The molecule has 0 aliphatic carbocycles. The summed E-state index contributed by atoms with van der Waals surface area (Å²) in [5.74, 6) is 1.12. The minimum Gasteiger partial charge on any atom is -0.493 e. The minimum absolute atomic E-state index is 0.193. The molecule has 1 atom stereocenters. The van der Waals surface area contributed by atoms with Gasteiger partial charge >= 0.3 is 0 Å². The smallest absolute Gasteiger partial charge is 0.255 e. The molecule has 0 saturated carbocycles. The van der Waals surface area contributed by atoms with Crippen LogP contribution >= 0.6 is 0 Å². The van der Waals surface area contributed by atoms with Crippen molar-refractivity contribution >= 4 is 5.91 Å². The number of nitrogens with one attached hydrogen (secondary N) is 1. The Morgan fingerprint density at radius 3 is 2.43 bits per heavy atom. The molecule has 3 rings (SSSR count). The Hall–Kier alpha value is -2.73. The fraction of sp³-hybridized carbons (Fsp3) is 0.409. The molecule has 1 aliphatic rings. The van der Waals surface area contributed by atoms with E-state index in [4.69, 9.17) is 14.2 Å². The molecule has 1 N–H and O–H groups in total. The maximum atomic E-state index is 12.8. The van der Waals surface area contributed by atoms with Crippen LogP contribution in [0.5, 0.6) is 17.2 Å². The summed E-state index contributed by atoms with van der Waals surface area (Å²) in [6, 6.07) is 12.2. The first-order valence-corrected chi connectivity index (χ1v) is 9.47. The van der Waals surface area contributed by atoms with E-state index in [-0.39, 0.29) is 11.9 Å². The second-order valence-corrected chi connectivity index (χ2v) is 6.93. The molecule has 0 aromatic heterocycles. The fourth-order valence-corrected chi connectivity index (χ4v) is 3.64. The third kappa shape index (κ3) is 4.07. The monoisotopic (exact) mass is 384 g/mol. The summed E-state index contributed by atoms with van der Waals surface area (Å²) in [4.78, 5) is 15.2. The normalized spacial score (nSPS) is 14.7. The van der Waals surface area contributed by atoms with Gasteiger partial charge in [0.05, 0.1) is 26.9 Å². The predicted octanol–water partition coefficient (Wildman–Crippen LogP) is 2.89. The third-order valence-corrected chi connectivity index (χ3v) is 5.29. The van der Waals surface area contributed by atoms with Crippen LogP contribution in [0.1, 0.15) is 28.4 Å². The molecule has 1 amide bonds.